The molecule has 0 aromatic heterocycles. The average Bonchev–Trinajstić information content (AvgIpc) is 3.21. The lowest BCUT2D eigenvalue weighted by Gasteiger charge is -2.36. The van der Waals surface area contributed by atoms with Gasteiger partial charge in [-0.3, -0.25) is 9.52 Å². The predicted molar refractivity (Wildman–Crippen MR) is 151 cm³/mol. The van der Waals surface area contributed by atoms with E-state index in [-0.39, 0.29) is 18.0 Å². The van der Waals surface area contributed by atoms with Crippen molar-refractivity contribution in [2.75, 3.05) is 24.1 Å². The fourth-order valence-corrected chi connectivity index (χ4v) is 6.31. The SMILES string of the molecule is CC(C)(C)OC(=O)N1CCC(Oc2ccc3c(c2)C(C)(C)C2=C(C3=O)c3cc(NS(C)(=O)=O)ccc3C2)CC1. The molecule has 1 heterocycles. The van der Waals surface area contributed by atoms with Crippen LogP contribution in [0.1, 0.15) is 74.5 Å². The van der Waals surface area contributed by atoms with Crippen LogP contribution in [0, 0.1) is 0 Å². The second-order valence-electron chi connectivity index (χ2n) is 12.2. The van der Waals surface area contributed by atoms with Crippen LogP contribution in [0.3, 0.4) is 0 Å². The Morgan fingerprint density at radius 1 is 1.05 bits per heavy atom. The maximum absolute atomic E-state index is 13.8. The van der Waals surface area contributed by atoms with E-state index in [1.807, 2.05) is 45.0 Å². The van der Waals surface area contributed by atoms with Gasteiger partial charge in [-0.15, -0.1) is 0 Å². The second kappa shape index (κ2) is 9.40. The summed E-state index contributed by atoms with van der Waals surface area (Å²) in [5.41, 5.74) is 4.59. The monoisotopic (exact) mass is 552 g/mol. The van der Waals surface area contributed by atoms with Crippen molar-refractivity contribution in [3.63, 3.8) is 0 Å². The van der Waals surface area contributed by atoms with E-state index in [9.17, 15) is 18.0 Å². The number of likely N-dealkylation sites (tertiary alicyclic amines) is 1. The molecule has 2 aromatic carbocycles. The Hall–Kier alpha value is -3.33. The van der Waals surface area contributed by atoms with Gasteiger partial charge in [0.05, 0.1) is 6.26 Å². The number of hydrogen-bond acceptors (Lipinski definition) is 6. The van der Waals surface area contributed by atoms with E-state index < -0.39 is 21.0 Å². The molecule has 0 spiro atoms. The molecule has 3 aliphatic rings. The molecule has 0 radical (unpaired) electrons. The lowest BCUT2D eigenvalue weighted by atomic mass is 9.68. The first-order chi connectivity index (χ1) is 18.1. The summed E-state index contributed by atoms with van der Waals surface area (Å²) in [6.45, 7) is 11.0. The largest absolute Gasteiger partial charge is 0.490 e. The number of carbonyl (C=O) groups excluding carboxylic acids is 2. The van der Waals surface area contributed by atoms with Crippen molar-refractivity contribution in [1.82, 2.24) is 4.90 Å². The third-order valence-corrected chi connectivity index (χ3v) is 8.24. The summed E-state index contributed by atoms with van der Waals surface area (Å²) in [7, 11) is -3.43. The number of ketones is 1. The zero-order valence-corrected chi connectivity index (χ0v) is 24.2. The standard InChI is InChI=1S/C30H36N2O6S/c1-29(2,3)38-28(34)32-13-11-20(12-14-32)37-21-9-10-22-24(17-21)30(4,5)25-15-18-7-8-19(31-39(6,35)36)16-23(18)26(25)27(22)33/h7-10,16-17,20,31H,11-15H2,1-6H3. The highest BCUT2D eigenvalue weighted by Crippen LogP contribution is 2.50. The highest BCUT2D eigenvalue weighted by Gasteiger charge is 2.43. The number of piperidine rings is 1. The molecule has 2 aliphatic carbocycles. The van der Waals surface area contributed by atoms with E-state index in [1.54, 1.807) is 17.0 Å². The minimum absolute atomic E-state index is 0.0320. The van der Waals surface area contributed by atoms with Crippen LogP contribution in [-0.2, 0) is 26.6 Å². The van der Waals surface area contributed by atoms with Gasteiger partial charge in [0.1, 0.15) is 17.5 Å². The molecule has 0 bridgehead atoms. The van der Waals surface area contributed by atoms with E-state index in [1.165, 1.54) is 0 Å². The Morgan fingerprint density at radius 2 is 1.74 bits per heavy atom. The zero-order chi connectivity index (χ0) is 28.3. The topological polar surface area (TPSA) is 102 Å². The first-order valence-electron chi connectivity index (χ1n) is 13.3. The number of anilines is 1. The maximum atomic E-state index is 13.8. The fraction of sp³-hybridized carbons (Fsp3) is 0.467. The average molecular weight is 553 g/mol. The highest BCUT2D eigenvalue weighted by atomic mass is 32.2. The van der Waals surface area contributed by atoms with Crippen molar-refractivity contribution < 1.29 is 27.5 Å². The first kappa shape index (κ1) is 27.2. The van der Waals surface area contributed by atoms with Gasteiger partial charge in [-0.05, 0) is 79.8 Å². The number of Topliss-reactive ketones (excluding diaryl/α,β-unsaturated/α-hetero) is 1. The molecule has 39 heavy (non-hydrogen) atoms. The van der Waals surface area contributed by atoms with Crippen LogP contribution in [0.25, 0.3) is 5.57 Å². The minimum Gasteiger partial charge on any atom is -0.490 e. The molecular formula is C30H36N2O6S. The van der Waals surface area contributed by atoms with Crippen molar-refractivity contribution in [2.45, 2.75) is 71.0 Å². The van der Waals surface area contributed by atoms with Crippen LogP contribution in [0.2, 0.25) is 0 Å². The smallest absolute Gasteiger partial charge is 0.410 e. The van der Waals surface area contributed by atoms with Crippen LogP contribution in [-0.4, -0.2) is 56.2 Å². The van der Waals surface area contributed by atoms with E-state index in [4.69, 9.17) is 9.47 Å². The van der Waals surface area contributed by atoms with Crippen LogP contribution in [0.4, 0.5) is 10.5 Å². The predicted octanol–water partition coefficient (Wildman–Crippen LogP) is 5.32. The van der Waals surface area contributed by atoms with Gasteiger partial charge in [0.2, 0.25) is 10.0 Å². The van der Waals surface area contributed by atoms with Crippen LogP contribution in [0.5, 0.6) is 5.75 Å². The normalized spacial score (nSPS) is 18.8. The molecule has 9 heteroatoms. The van der Waals surface area contributed by atoms with Gasteiger partial charge in [0.15, 0.2) is 5.78 Å². The molecule has 2 aromatic rings. The number of rotatable bonds is 4. The number of ether oxygens (including phenoxy) is 2. The zero-order valence-electron chi connectivity index (χ0n) is 23.4. The summed E-state index contributed by atoms with van der Waals surface area (Å²) in [6.07, 6.45) is 2.82. The summed E-state index contributed by atoms with van der Waals surface area (Å²) in [4.78, 5) is 27.9. The highest BCUT2D eigenvalue weighted by molar-refractivity contribution is 7.92. The van der Waals surface area contributed by atoms with Gasteiger partial charge >= 0.3 is 6.09 Å². The van der Waals surface area contributed by atoms with Crippen molar-refractivity contribution in [3.8, 4) is 5.75 Å². The van der Waals surface area contributed by atoms with Crippen molar-refractivity contribution in [1.29, 1.82) is 0 Å². The second-order valence-corrected chi connectivity index (χ2v) is 14.0. The quantitative estimate of drug-likeness (QED) is 0.551. The van der Waals surface area contributed by atoms with Gasteiger partial charge in [-0.25, -0.2) is 13.2 Å². The minimum atomic E-state index is -3.43. The summed E-state index contributed by atoms with van der Waals surface area (Å²) in [5, 5.41) is 0. The van der Waals surface area contributed by atoms with Crippen LogP contribution < -0.4 is 9.46 Å². The molecule has 0 atom stereocenters. The fourth-order valence-electron chi connectivity index (χ4n) is 5.76. The van der Waals surface area contributed by atoms with Gasteiger partial charge in [0, 0.05) is 48.2 Å². The van der Waals surface area contributed by atoms with Gasteiger partial charge in [-0.1, -0.05) is 19.9 Å². The van der Waals surface area contributed by atoms with Crippen molar-refractivity contribution in [2.24, 2.45) is 0 Å². The summed E-state index contributed by atoms with van der Waals surface area (Å²) < 4.78 is 37.9. The summed E-state index contributed by atoms with van der Waals surface area (Å²) >= 11 is 0. The van der Waals surface area contributed by atoms with Gasteiger partial charge in [-0.2, -0.15) is 0 Å². The Bertz CT molecular complexity index is 1490. The number of sulfonamides is 1. The molecule has 8 nitrogen and oxygen atoms in total. The number of hydrogen-bond donors (Lipinski definition) is 1. The van der Waals surface area contributed by atoms with Crippen molar-refractivity contribution in [3.05, 3.63) is 64.2 Å². The number of allylic oxidation sites excluding steroid dienone is 2. The molecule has 1 aliphatic heterocycles. The molecular weight excluding hydrogens is 516 g/mol. The van der Waals surface area contributed by atoms with Crippen LogP contribution >= 0.6 is 0 Å². The van der Waals surface area contributed by atoms with Crippen LogP contribution in [0.15, 0.2) is 42.0 Å². The lowest BCUT2D eigenvalue weighted by molar-refractivity contribution is 0.0126. The Labute approximate surface area is 230 Å². The summed E-state index contributed by atoms with van der Waals surface area (Å²) in [5.74, 6) is 0.663. The number of amides is 1. The lowest BCUT2D eigenvalue weighted by Crippen LogP contribution is -2.44. The van der Waals surface area contributed by atoms with Gasteiger partial charge < -0.3 is 14.4 Å². The molecule has 1 amide bonds. The third kappa shape index (κ3) is 5.41. The molecule has 208 valence electrons. The molecule has 1 N–H and O–H groups in total. The van der Waals surface area contributed by atoms with Gasteiger partial charge in [0.25, 0.3) is 0 Å². The van der Waals surface area contributed by atoms with E-state index in [0.29, 0.717) is 54.9 Å². The molecule has 1 saturated heterocycles. The first-order valence-corrected chi connectivity index (χ1v) is 15.2. The molecule has 1 fully saturated rings. The molecule has 0 unspecified atom stereocenters. The number of benzene rings is 2. The number of fused-ring (bicyclic) bond motifs is 3. The van der Waals surface area contributed by atoms with E-state index >= 15 is 0 Å². The number of nitrogens with zero attached hydrogens (tertiary/aromatic N) is 1. The van der Waals surface area contributed by atoms with Crippen molar-refractivity contribution >= 4 is 33.2 Å². The Balaban J connectivity index is 1.35. The maximum Gasteiger partial charge on any atom is 0.410 e. The molecule has 5 rings (SSSR count). The Kier molecular flexibility index (Phi) is 6.57. The van der Waals surface area contributed by atoms with E-state index in [0.717, 1.165) is 28.5 Å². The van der Waals surface area contributed by atoms with E-state index in [2.05, 4.69) is 18.6 Å². The number of nitrogens with one attached hydrogen (secondary N) is 1. The number of carbonyl (C=O) groups is 2. The third-order valence-electron chi connectivity index (χ3n) is 7.64. The summed E-state index contributed by atoms with van der Waals surface area (Å²) in [6, 6.07) is 11.1. The molecule has 0 saturated carbocycles. The Morgan fingerprint density at radius 3 is 2.38 bits per heavy atom.